The number of aromatic nitrogens is 2. The summed E-state index contributed by atoms with van der Waals surface area (Å²) >= 11 is 3.42. The third kappa shape index (κ3) is 6.45. The van der Waals surface area contributed by atoms with Gasteiger partial charge in [0.2, 0.25) is 10.0 Å². The first-order chi connectivity index (χ1) is 17.7. The Morgan fingerprint density at radius 2 is 1.65 bits per heavy atom. The summed E-state index contributed by atoms with van der Waals surface area (Å²) in [6.07, 6.45) is 0.784. The van der Waals surface area contributed by atoms with Gasteiger partial charge in [-0.2, -0.15) is 9.40 Å². The van der Waals surface area contributed by atoms with Crippen LogP contribution in [0.1, 0.15) is 38.4 Å². The number of anilines is 1. The molecule has 0 N–H and O–H groups in total. The van der Waals surface area contributed by atoms with Gasteiger partial charge in [-0.25, -0.2) is 13.1 Å². The molecule has 37 heavy (non-hydrogen) atoms. The highest BCUT2D eigenvalue weighted by molar-refractivity contribution is 9.10. The van der Waals surface area contributed by atoms with Crippen LogP contribution in [0.2, 0.25) is 0 Å². The van der Waals surface area contributed by atoms with Crippen molar-refractivity contribution in [3.05, 3.63) is 70.3 Å². The van der Waals surface area contributed by atoms with E-state index < -0.39 is 10.0 Å². The molecule has 1 aliphatic heterocycles. The zero-order valence-electron chi connectivity index (χ0n) is 22.3. The van der Waals surface area contributed by atoms with Crippen molar-refractivity contribution in [1.29, 1.82) is 0 Å². The Balaban J connectivity index is 1.77. The Labute approximate surface area is 230 Å². The van der Waals surface area contributed by atoms with Gasteiger partial charge in [-0.15, -0.1) is 0 Å². The summed E-state index contributed by atoms with van der Waals surface area (Å²) in [5, 5.41) is 4.94. The Morgan fingerprint density at radius 3 is 2.24 bits per heavy atom. The molecule has 0 amide bonds. The summed E-state index contributed by atoms with van der Waals surface area (Å²) in [5.74, 6) is 1.39. The van der Waals surface area contributed by atoms with E-state index in [9.17, 15) is 8.42 Å². The molecule has 200 valence electrons. The smallest absolute Gasteiger partial charge is 0.243 e. The number of halogens is 1. The van der Waals surface area contributed by atoms with E-state index in [2.05, 4.69) is 58.6 Å². The summed E-state index contributed by atoms with van der Waals surface area (Å²) in [6, 6.07) is 17.0. The summed E-state index contributed by atoms with van der Waals surface area (Å²) in [5.41, 5.74) is 2.81. The number of rotatable bonds is 10. The van der Waals surface area contributed by atoms with Crippen molar-refractivity contribution in [1.82, 2.24) is 19.0 Å². The lowest BCUT2D eigenvalue weighted by Crippen LogP contribution is -2.47. The van der Waals surface area contributed by atoms with Gasteiger partial charge in [-0.05, 0) is 62.2 Å². The molecule has 1 saturated heterocycles. The van der Waals surface area contributed by atoms with Crippen molar-refractivity contribution >= 4 is 31.8 Å². The summed E-state index contributed by atoms with van der Waals surface area (Å²) in [6.45, 7) is 13.9. The van der Waals surface area contributed by atoms with Crippen LogP contribution >= 0.6 is 15.9 Å². The molecule has 9 heteroatoms. The molecular formula is C28H38BrN5O2S. The minimum atomic E-state index is -3.70. The van der Waals surface area contributed by atoms with Gasteiger partial charge in [0.25, 0.3) is 0 Å². The maximum Gasteiger partial charge on any atom is 0.243 e. The average molecular weight is 589 g/mol. The highest BCUT2D eigenvalue weighted by atomic mass is 79.9. The predicted molar refractivity (Wildman–Crippen MR) is 154 cm³/mol. The number of hydrogen-bond acceptors (Lipinski definition) is 5. The van der Waals surface area contributed by atoms with Gasteiger partial charge in [0.1, 0.15) is 5.82 Å². The van der Waals surface area contributed by atoms with Crippen LogP contribution in [0.3, 0.4) is 0 Å². The van der Waals surface area contributed by atoms with Crippen molar-refractivity contribution in [2.45, 2.75) is 45.6 Å². The Bertz CT molecular complexity index is 1270. The lowest BCUT2D eigenvalue weighted by atomic mass is 10.1. The number of para-hydroxylation sites is 1. The minimum absolute atomic E-state index is 0.285. The number of nitrogens with zero attached hydrogens (tertiary/aromatic N) is 5. The van der Waals surface area contributed by atoms with Gasteiger partial charge in [0, 0.05) is 49.3 Å². The van der Waals surface area contributed by atoms with Crippen molar-refractivity contribution in [3.8, 4) is 5.69 Å². The molecule has 4 rings (SSSR count). The molecule has 0 spiro atoms. The maximum atomic E-state index is 13.9. The fourth-order valence-corrected chi connectivity index (χ4v) is 6.39. The molecule has 0 unspecified atom stereocenters. The second-order valence-electron chi connectivity index (χ2n) is 10.0. The monoisotopic (exact) mass is 587 g/mol. The van der Waals surface area contributed by atoms with Gasteiger partial charge in [0.15, 0.2) is 0 Å². The highest BCUT2D eigenvalue weighted by Gasteiger charge is 2.31. The van der Waals surface area contributed by atoms with Gasteiger partial charge in [0.05, 0.1) is 16.3 Å². The molecule has 1 aromatic heterocycles. The number of piperazine rings is 1. The van der Waals surface area contributed by atoms with E-state index >= 15 is 0 Å². The summed E-state index contributed by atoms with van der Waals surface area (Å²) in [4.78, 5) is 5.13. The summed E-state index contributed by atoms with van der Waals surface area (Å²) in [7, 11) is -3.70. The number of hydrogen-bond donors (Lipinski definition) is 0. The molecule has 1 aliphatic rings. The molecule has 1 fully saturated rings. The van der Waals surface area contributed by atoms with Crippen LogP contribution in [-0.2, 0) is 16.6 Å². The van der Waals surface area contributed by atoms with Crippen LogP contribution in [-0.4, -0.2) is 66.7 Å². The van der Waals surface area contributed by atoms with E-state index in [0.717, 1.165) is 66.4 Å². The van der Waals surface area contributed by atoms with Crippen molar-refractivity contribution in [2.24, 2.45) is 5.92 Å². The quantitative estimate of drug-likeness (QED) is 0.321. The van der Waals surface area contributed by atoms with Crippen molar-refractivity contribution < 1.29 is 8.42 Å². The number of sulfonamides is 1. The largest absolute Gasteiger partial charge is 0.354 e. The molecule has 2 aromatic carbocycles. The summed E-state index contributed by atoms with van der Waals surface area (Å²) < 4.78 is 32.3. The first-order valence-corrected chi connectivity index (χ1v) is 15.3. The molecule has 0 saturated carbocycles. The van der Waals surface area contributed by atoms with E-state index in [1.807, 2.05) is 29.8 Å². The van der Waals surface area contributed by atoms with E-state index in [-0.39, 0.29) is 6.54 Å². The molecule has 2 heterocycles. The normalized spacial score (nSPS) is 15.2. The molecule has 0 atom stereocenters. The van der Waals surface area contributed by atoms with Crippen LogP contribution in [0, 0.1) is 12.8 Å². The Morgan fingerprint density at radius 1 is 1.00 bits per heavy atom. The molecular weight excluding hydrogens is 550 g/mol. The third-order valence-electron chi connectivity index (χ3n) is 7.02. The van der Waals surface area contributed by atoms with Crippen LogP contribution < -0.4 is 4.90 Å². The van der Waals surface area contributed by atoms with Crippen LogP contribution in [0.25, 0.3) is 5.69 Å². The molecule has 7 nitrogen and oxygen atoms in total. The lowest BCUT2D eigenvalue weighted by molar-refractivity contribution is 0.269. The standard InChI is InChI=1S/C28H38BrN5O2S/c1-5-31-17-19-32(20-18-31)28-27(23(4)30-34(28)25-9-7-6-8-10-25)21-33(16-15-22(2)3)37(35,36)26-13-11-24(29)12-14-26/h6-14,22H,5,15-21H2,1-4H3. The van der Waals surface area contributed by atoms with E-state index in [0.29, 0.717) is 17.4 Å². The number of benzene rings is 2. The van der Waals surface area contributed by atoms with E-state index in [4.69, 9.17) is 5.10 Å². The minimum Gasteiger partial charge on any atom is -0.354 e. The van der Waals surface area contributed by atoms with Gasteiger partial charge in [-0.1, -0.05) is 54.9 Å². The van der Waals surface area contributed by atoms with Gasteiger partial charge >= 0.3 is 0 Å². The first-order valence-electron chi connectivity index (χ1n) is 13.1. The van der Waals surface area contributed by atoms with Crippen LogP contribution in [0.5, 0.6) is 0 Å². The zero-order valence-corrected chi connectivity index (χ0v) is 24.7. The van der Waals surface area contributed by atoms with Crippen molar-refractivity contribution in [2.75, 3.05) is 44.2 Å². The third-order valence-corrected chi connectivity index (χ3v) is 9.41. The molecule has 0 bridgehead atoms. The Kier molecular flexibility index (Phi) is 9.11. The van der Waals surface area contributed by atoms with Gasteiger partial charge in [-0.3, -0.25) is 0 Å². The fourth-order valence-electron chi connectivity index (χ4n) is 4.70. The molecule has 3 aromatic rings. The number of aryl methyl sites for hydroxylation is 1. The predicted octanol–water partition coefficient (Wildman–Crippen LogP) is 5.32. The van der Waals surface area contributed by atoms with Crippen LogP contribution in [0.4, 0.5) is 5.82 Å². The molecule has 0 aliphatic carbocycles. The fraction of sp³-hybridized carbons (Fsp3) is 0.464. The second-order valence-corrected chi connectivity index (χ2v) is 12.9. The van der Waals surface area contributed by atoms with Gasteiger partial charge < -0.3 is 9.80 Å². The first kappa shape index (κ1) is 27.8. The van der Waals surface area contributed by atoms with E-state index in [1.165, 1.54) is 0 Å². The number of likely N-dealkylation sites (N-methyl/N-ethyl adjacent to an activating group) is 1. The second kappa shape index (κ2) is 12.1. The average Bonchev–Trinajstić information content (AvgIpc) is 3.22. The van der Waals surface area contributed by atoms with Crippen LogP contribution in [0.15, 0.2) is 64.0 Å². The highest BCUT2D eigenvalue weighted by Crippen LogP contribution is 2.31. The van der Waals surface area contributed by atoms with E-state index in [1.54, 1.807) is 28.6 Å². The maximum absolute atomic E-state index is 13.9. The lowest BCUT2D eigenvalue weighted by Gasteiger charge is -2.36. The molecule has 0 radical (unpaired) electrons. The SMILES string of the molecule is CCN1CCN(c2c(CN(CCC(C)C)S(=O)(=O)c3ccc(Br)cc3)c(C)nn2-c2ccccc2)CC1. The Hall–Kier alpha value is -2.20. The van der Waals surface area contributed by atoms with Crippen molar-refractivity contribution in [3.63, 3.8) is 0 Å². The zero-order chi connectivity index (χ0) is 26.6. The topological polar surface area (TPSA) is 61.7 Å².